The summed E-state index contributed by atoms with van der Waals surface area (Å²) in [4.78, 5) is 0. The van der Waals surface area contributed by atoms with Crippen molar-refractivity contribution in [1.29, 1.82) is 0 Å². The van der Waals surface area contributed by atoms with Crippen molar-refractivity contribution in [1.82, 2.24) is 0 Å². The predicted octanol–water partition coefficient (Wildman–Crippen LogP) is -0.558. The summed E-state index contributed by atoms with van der Waals surface area (Å²) in [5.74, 6) is 0.862. The molecule has 0 saturated carbocycles. The van der Waals surface area contributed by atoms with Gasteiger partial charge in [-0.2, -0.15) is 0 Å². The standard InChI is InChI=1S/C4H14OSi2/c1-4(2)3-7-5-6/h4H,3,7H2,1-2,6H3. The Labute approximate surface area is 50.9 Å². The molecule has 0 amide bonds. The smallest absolute Gasteiger partial charge is 0.145 e. The topological polar surface area (TPSA) is 9.23 Å². The molecule has 0 aliphatic carbocycles. The third-order valence-electron chi connectivity index (χ3n) is 0.899. The highest BCUT2D eigenvalue weighted by Crippen LogP contribution is 1.96. The molecule has 0 unspecified atom stereocenters. The van der Waals surface area contributed by atoms with Gasteiger partial charge in [-0.1, -0.05) is 13.8 Å². The minimum Gasteiger partial charge on any atom is -0.468 e. The lowest BCUT2D eigenvalue weighted by Crippen LogP contribution is -1.98. The molecular formula is C4H14OSi2. The second-order valence-electron chi connectivity index (χ2n) is 2.18. The monoisotopic (exact) mass is 134 g/mol. The zero-order chi connectivity index (χ0) is 5.70. The zero-order valence-corrected chi connectivity index (χ0v) is 8.81. The van der Waals surface area contributed by atoms with Crippen molar-refractivity contribution in [2.45, 2.75) is 19.9 Å². The molecule has 1 nitrogen and oxygen atoms in total. The third-order valence-corrected chi connectivity index (χ3v) is 3.92. The van der Waals surface area contributed by atoms with Crippen LogP contribution >= 0.6 is 0 Å². The van der Waals surface area contributed by atoms with E-state index in [0.29, 0.717) is 0 Å². The van der Waals surface area contributed by atoms with Gasteiger partial charge in [0.1, 0.15) is 20.2 Å². The Hall–Kier alpha value is 0.394. The first-order valence-corrected chi connectivity index (χ1v) is 5.15. The third kappa shape index (κ3) is 6.39. The van der Waals surface area contributed by atoms with Crippen LogP contribution in [0.1, 0.15) is 13.8 Å². The Balaban J connectivity index is 2.68. The molecule has 44 valence electrons. The van der Waals surface area contributed by atoms with Crippen LogP contribution in [-0.2, 0) is 4.12 Å². The average Bonchev–Trinajstić information content (AvgIpc) is 1.61. The average molecular weight is 134 g/mol. The second-order valence-corrected chi connectivity index (χ2v) is 5.47. The van der Waals surface area contributed by atoms with Crippen LogP contribution in [0.5, 0.6) is 0 Å². The summed E-state index contributed by atoms with van der Waals surface area (Å²) in [6.45, 7) is 4.49. The zero-order valence-electron chi connectivity index (χ0n) is 5.40. The van der Waals surface area contributed by atoms with Crippen molar-refractivity contribution in [3.05, 3.63) is 0 Å². The Kier molecular flexibility index (Phi) is 4.81. The molecule has 0 atom stereocenters. The van der Waals surface area contributed by atoms with Gasteiger partial charge in [0.15, 0.2) is 0 Å². The molecule has 7 heavy (non-hydrogen) atoms. The normalized spacial score (nSPS) is 12.4. The van der Waals surface area contributed by atoms with E-state index in [2.05, 4.69) is 13.8 Å². The van der Waals surface area contributed by atoms with Crippen molar-refractivity contribution in [2.24, 2.45) is 5.92 Å². The van der Waals surface area contributed by atoms with Crippen LogP contribution < -0.4 is 0 Å². The molecule has 0 aliphatic heterocycles. The van der Waals surface area contributed by atoms with Crippen LogP contribution in [0.15, 0.2) is 0 Å². The lowest BCUT2D eigenvalue weighted by molar-refractivity contribution is 0.625. The fourth-order valence-electron chi connectivity index (χ4n) is 0.354. The first-order chi connectivity index (χ1) is 3.27. The maximum Gasteiger partial charge on any atom is 0.145 e. The number of rotatable bonds is 3. The number of hydrogen-bond acceptors (Lipinski definition) is 1. The summed E-state index contributed by atoms with van der Waals surface area (Å²) >= 11 is 0. The Bertz CT molecular complexity index is 38.7. The first kappa shape index (κ1) is 7.39. The van der Waals surface area contributed by atoms with Crippen LogP contribution in [0.3, 0.4) is 0 Å². The lowest BCUT2D eigenvalue weighted by atomic mass is 10.3. The van der Waals surface area contributed by atoms with Gasteiger partial charge in [-0.05, 0) is 12.0 Å². The summed E-state index contributed by atoms with van der Waals surface area (Å²) in [6, 6.07) is 1.35. The van der Waals surface area contributed by atoms with Crippen LogP contribution in [0.4, 0.5) is 0 Å². The van der Waals surface area contributed by atoms with Gasteiger partial charge in [0, 0.05) is 0 Å². The Morgan fingerprint density at radius 2 is 2.29 bits per heavy atom. The van der Waals surface area contributed by atoms with Crippen molar-refractivity contribution >= 4 is 20.2 Å². The summed E-state index contributed by atoms with van der Waals surface area (Å²) < 4.78 is 5.13. The molecule has 0 fully saturated rings. The number of hydrogen-bond donors (Lipinski definition) is 0. The van der Waals surface area contributed by atoms with Gasteiger partial charge in [-0.25, -0.2) is 0 Å². The van der Waals surface area contributed by atoms with Crippen molar-refractivity contribution in [2.75, 3.05) is 0 Å². The Morgan fingerprint density at radius 1 is 1.71 bits per heavy atom. The largest absolute Gasteiger partial charge is 0.468 e. The van der Waals surface area contributed by atoms with E-state index in [9.17, 15) is 0 Å². The van der Waals surface area contributed by atoms with Crippen molar-refractivity contribution < 1.29 is 4.12 Å². The van der Waals surface area contributed by atoms with Gasteiger partial charge in [0.2, 0.25) is 0 Å². The highest BCUT2D eigenvalue weighted by Gasteiger charge is 1.90. The molecule has 0 heterocycles. The quantitative estimate of drug-likeness (QED) is 0.470. The second kappa shape index (κ2) is 4.55. The fraction of sp³-hybridized carbons (Fsp3) is 1.00. The first-order valence-electron chi connectivity index (χ1n) is 2.76. The lowest BCUT2D eigenvalue weighted by Gasteiger charge is -1.99. The minimum atomic E-state index is -0.0640. The molecule has 0 aromatic rings. The van der Waals surface area contributed by atoms with Crippen LogP contribution in [0, 0.1) is 5.92 Å². The summed E-state index contributed by atoms with van der Waals surface area (Å²) in [6.07, 6.45) is 0. The van der Waals surface area contributed by atoms with Gasteiger partial charge in [0.25, 0.3) is 0 Å². The fourth-order valence-corrected chi connectivity index (χ4v) is 1.77. The molecule has 0 spiro atoms. The molecule has 0 aromatic carbocycles. The van der Waals surface area contributed by atoms with E-state index in [1.807, 2.05) is 0 Å². The summed E-state index contributed by atoms with van der Waals surface area (Å²) in [5.41, 5.74) is 0. The van der Waals surface area contributed by atoms with E-state index < -0.39 is 0 Å². The van der Waals surface area contributed by atoms with Crippen molar-refractivity contribution in [3.63, 3.8) is 0 Å². The van der Waals surface area contributed by atoms with Gasteiger partial charge in [0.05, 0.1) is 0 Å². The highest BCUT2D eigenvalue weighted by atomic mass is 28.3. The predicted molar refractivity (Wildman–Crippen MR) is 39.2 cm³/mol. The summed E-state index contributed by atoms with van der Waals surface area (Å²) in [7, 11) is 0.892. The maximum atomic E-state index is 5.13. The van der Waals surface area contributed by atoms with E-state index in [-0.39, 0.29) is 9.76 Å². The molecule has 0 radical (unpaired) electrons. The van der Waals surface area contributed by atoms with Crippen LogP contribution in [0.25, 0.3) is 0 Å². The Morgan fingerprint density at radius 3 is 2.43 bits per heavy atom. The van der Waals surface area contributed by atoms with E-state index in [0.717, 1.165) is 16.4 Å². The van der Waals surface area contributed by atoms with E-state index in [1.54, 1.807) is 0 Å². The molecule has 0 aromatic heterocycles. The van der Waals surface area contributed by atoms with Gasteiger partial charge < -0.3 is 4.12 Å². The molecule has 0 bridgehead atoms. The van der Waals surface area contributed by atoms with Gasteiger partial charge in [-0.3, -0.25) is 0 Å². The van der Waals surface area contributed by atoms with Crippen molar-refractivity contribution in [3.8, 4) is 0 Å². The van der Waals surface area contributed by atoms with Gasteiger partial charge in [-0.15, -0.1) is 0 Å². The van der Waals surface area contributed by atoms with E-state index >= 15 is 0 Å². The molecule has 0 rings (SSSR count). The molecule has 0 N–H and O–H groups in total. The maximum absolute atomic E-state index is 5.13. The molecule has 0 saturated heterocycles. The minimum absolute atomic E-state index is 0.0640. The molecular weight excluding hydrogens is 120 g/mol. The summed E-state index contributed by atoms with van der Waals surface area (Å²) in [5, 5.41) is 0. The van der Waals surface area contributed by atoms with E-state index in [1.165, 1.54) is 6.04 Å². The SMILES string of the molecule is CC(C)C[SiH2]O[SiH3]. The van der Waals surface area contributed by atoms with E-state index in [4.69, 9.17) is 4.12 Å². The van der Waals surface area contributed by atoms with Crippen LogP contribution in [-0.4, -0.2) is 20.2 Å². The van der Waals surface area contributed by atoms with Crippen LogP contribution in [0.2, 0.25) is 6.04 Å². The molecule has 3 heteroatoms. The highest BCUT2D eigenvalue weighted by molar-refractivity contribution is 6.34. The molecule has 0 aliphatic rings. The van der Waals surface area contributed by atoms with Gasteiger partial charge >= 0.3 is 0 Å².